The third kappa shape index (κ3) is 3.11. The molecule has 0 aliphatic rings. The van der Waals surface area contributed by atoms with Crippen LogP contribution < -0.4 is 5.56 Å². The average Bonchev–Trinajstić information content (AvgIpc) is 3.02. The van der Waals surface area contributed by atoms with E-state index in [1.807, 2.05) is 0 Å². The van der Waals surface area contributed by atoms with Gasteiger partial charge in [0.2, 0.25) is 0 Å². The Kier molecular flexibility index (Phi) is 4.85. The van der Waals surface area contributed by atoms with Crippen LogP contribution in [-0.4, -0.2) is 37.7 Å². The van der Waals surface area contributed by atoms with Crippen molar-refractivity contribution in [2.45, 2.75) is 19.9 Å². The molecule has 1 atom stereocenters. The van der Waals surface area contributed by atoms with Gasteiger partial charge >= 0.3 is 5.97 Å². The number of ether oxygens (including phenoxy) is 1. The van der Waals surface area contributed by atoms with Crippen LogP contribution in [0.1, 0.15) is 19.9 Å². The van der Waals surface area contributed by atoms with E-state index in [1.54, 1.807) is 31.2 Å². The van der Waals surface area contributed by atoms with Crippen molar-refractivity contribution in [3.63, 3.8) is 0 Å². The molecule has 0 spiro atoms. The number of carbonyl (C=O) groups excluding carboxylic acids is 2. The molecule has 0 N–H and O–H groups in total. The molecule has 0 bridgehead atoms. The quantitative estimate of drug-likeness (QED) is 0.500. The number of fused-ring (bicyclic) bond motifs is 1. The summed E-state index contributed by atoms with van der Waals surface area (Å²) in [5.74, 6) is -1.32. The van der Waals surface area contributed by atoms with Gasteiger partial charge in [-0.2, -0.15) is 5.10 Å². The predicted molar refractivity (Wildman–Crippen MR) is 94.5 cm³/mol. The van der Waals surface area contributed by atoms with Gasteiger partial charge < -0.3 is 4.74 Å². The number of halogens is 1. The first-order valence-electron chi connectivity index (χ1n) is 7.82. The van der Waals surface area contributed by atoms with Crippen molar-refractivity contribution in [2.24, 2.45) is 0 Å². The molecule has 1 aromatic carbocycles. The van der Waals surface area contributed by atoms with Crippen molar-refractivity contribution < 1.29 is 14.3 Å². The number of rotatable bonds is 5. The van der Waals surface area contributed by atoms with Gasteiger partial charge in [-0.1, -0.05) is 17.7 Å². The lowest BCUT2D eigenvalue weighted by molar-refractivity contribution is -0.150. The molecule has 3 aromatic rings. The maximum Gasteiger partial charge on any atom is 0.337 e. The molecule has 134 valence electrons. The van der Waals surface area contributed by atoms with Crippen molar-refractivity contribution in [1.82, 2.24) is 19.3 Å². The van der Waals surface area contributed by atoms with Gasteiger partial charge in [-0.05, 0) is 32.0 Å². The molecule has 0 aliphatic heterocycles. The smallest absolute Gasteiger partial charge is 0.337 e. The fourth-order valence-electron chi connectivity index (χ4n) is 2.60. The topological polar surface area (TPSA) is 96.1 Å². The summed E-state index contributed by atoms with van der Waals surface area (Å²) in [6, 6.07) is 5.53. The van der Waals surface area contributed by atoms with E-state index in [-0.39, 0.29) is 12.0 Å². The molecule has 9 heteroatoms. The molecule has 0 saturated heterocycles. The van der Waals surface area contributed by atoms with Crippen LogP contribution in [0.15, 0.2) is 41.6 Å². The van der Waals surface area contributed by atoms with Crippen LogP contribution in [0.2, 0.25) is 5.02 Å². The summed E-state index contributed by atoms with van der Waals surface area (Å²) in [6.45, 7) is 2.93. The minimum atomic E-state index is -1.38. The van der Waals surface area contributed by atoms with Crippen LogP contribution in [0.25, 0.3) is 16.7 Å². The van der Waals surface area contributed by atoms with E-state index >= 15 is 0 Å². The molecule has 2 aromatic heterocycles. The van der Waals surface area contributed by atoms with Gasteiger partial charge in [0.15, 0.2) is 17.5 Å². The van der Waals surface area contributed by atoms with Crippen LogP contribution in [0.3, 0.4) is 0 Å². The summed E-state index contributed by atoms with van der Waals surface area (Å²) in [7, 11) is 0. The number of hydrogen-bond donors (Lipinski definition) is 0. The molecule has 0 radical (unpaired) electrons. The molecule has 0 saturated carbocycles. The Morgan fingerprint density at radius 2 is 2.12 bits per heavy atom. The van der Waals surface area contributed by atoms with Crippen LogP contribution in [0.4, 0.5) is 0 Å². The third-order valence-corrected chi connectivity index (χ3v) is 3.97. The van der Waals surface area contributed by atoms with Gasteiger partial charge in [0, 0.05) is 5.02 Å². The van der Waals surface area contributed by atoms with Gasteiger partial charge in [-0.3, -0.25) is 14.2 Å². The van der Waals surface area contributed by atoms with E-state index in [0.29, 0.717) is 16.4 Å². The minimum absolute atomic E-state index is 0.0970. The number of carbonyl (C=O) groups is 2. The normalized spacial score (nSPS) is 12.1. The SMILES string of the molecule is CCOC(=O)[C@@H](C(C)=O)n1cnc2c(cnn2-c2cccc(Cl)c2)c1=O. The standard InChI is InChI=1S/C17H15ClN4O4/c1-3-26-17(25)14(10(2)23)21-9-19-15-13(16(21)24)8-20-22(15)12-6-4-5-11(18)7-12/h4-9,14H,3H2,1-2H3/t14-/m1/s1. The Balaban J connectivity index is 2.14. The third-order valence-electron chi connectivity index (χ3n) is 3.74. The summed E-state index contributed by atoms with van der Waals surface area (Å²) in [6.07, 6.45) is 2.49. The summed E-state index contributed by atoms with van der Waals surface area (Å²) in [4.78, 5) is 41.0. The molecule has 0 fully saturated rings. The summed E-state index contributed by atoms with van der Waals surface area (Å²) in [5.41, 5.74) is 0.363. The Bertz CT molecular complexity index is 1060. The number of aromatic nitrogens is 4. The van der Waals surface area contributed by atoms with Gasteiger partial charge in [0.05, 0.1) is 18.5 Å². The van der Waals surface area contributed by atoms with Crippen molar-refractivity contribution >= 4 is 34.4 Å². The Morgan fingerprint density at radius 1 is 1.35 bits per heavy atom. The number of nitrogens with zero attached hydrogens (tertiary/aromatic N) is 4. The molecular weight excluding hydrogens is 360 g/mol. The number of esters is 1. The second-order valence-electron chi connectivity index (χ2n) is 5.50. The lowest BCUT2D eigenvalue weighted by atomic mass is 10.2. The number of Topliss-reactive ketones (excluding diaryl/α,β-unsaturated/α-hetero) is 1. The van der Waals surface area contributed by atoms with E-state index in [2.05, 4.69) is 10.1 Å². The highest BCUT2D eigenvalue weighted by molar-refractivity contribution is 6.30. The highest BCUT2D eigenvalue weighted by Crippen LogP contribution is 2.18. The number of ketones is 1. The molecule has 26 heavy (non-hydrogen) atoms. The van der Waals surface area contributed by atoms with Crippen LogP contribution in [0.5, 0.6) is 0 Å². The largest absolute Gasteiger partial charge is 0.464 e. The lowest BCUT2D eigenvalue weighted by Gasteiger charge is -2.15. The highest BCUT2D eigenvalue weighted by Gasteiger charge is 2.29. The fourth-order valence-corrected chi connectivity index (χ4v) is 2.79. The Hall–Kier alpha value is -3.00. The molecular formula is C17H15ClN4O4. The molecule has 2 heterocycles. The summed E-state index contributed by atoms with van der Waals surface area (Å²) < 4.78 is 7.32. The second kappa shape index (κ2) is 7.09. The van der Waals surface area contributed by atoms with Crippen molar-refractivity contribution in [2.75, 3.05) is 6.61 Å². The number of benzene rings is 1. The first-order valence-corrected chi connectivity index (χ1v) is 8.19. The zero-order valence-corrected chi connectivity index (χ0v) is 14.8. The molecule has 8 nitrogen and oxygen atoms in total. The first kappa shape index (κ1) is 17.8. The highest BCUT2D eigenvalue weighted by atomic mass is 35.5. The van der Waals surface area contributed by atoms with E-state index in [4.69, 9.17) is 16.3 Å². The fraction of sp³-hybridized carbons (Fsp3) is 0.235. The van der Waals surface area contributed by atoms with Crippen molar-refractivity contribution in [3.8, 4) is 5.69 Å². The Labute approximate surface area is 153 Å². The van der Waals surface area contributed by atoms with E-state index in [9.17, 15) is 14.4 Å². The zero-order chi connectivity index (χ0) is 18.8. The molecule has 0 aliphatic carbocycles. The summed E-state index contributed by atoms with van der Waals surface area (Å²) >= 11 is 5.99. The van der Waals surface area contributed by atoms with E-state index < -0.39 is 23.4 Å². The second-order valence-corrected chi connectivity index (χ2v) is 5.93. The zero-order valence-electron chi connectivity index (χ0n) is 14.0. The molecule has 0 unspecified atom stereocenters. The van der Waals surface area contributed by atoms with E-state index in [1.165, 1.54) is 17.8 Å². The lowest BCUT2D eigenvalue weighted by Crippen LogP contribution is -2.35. The molecule has 0 amide bonds. The Morgan fingerprint density at radius 3 is 2.77 bits per heavy atom. The number of hydrogen-bond acceptors (Lipinski definition) is 6. The maximum absolute atomic E-state index is 12.8. The van der Waals surface area contributed by atoms with Gasteiger partial charge in [0.1, 0.15) is 11.7 Å². The van der Waals surface area contributed by atoms with Crippen molar-refractivity contribution in [1.29, 1.82) is 0 Å². The van der Waals surface area contributed by atoms with Crippen LogP contribution in [-0.2, 0) is 14.3 Å². The minimum Gasteiger partial charge on any atom is -0.464 e. The summed E-state index contributed by atoms with van der Waals surface area (Å²) in [5, 5.41) is 4.86. The predicted octanol–water partition coefficient (Wildman–Crippen LogP) is 1.93. The first-order chi connectivity index (χ1) is 12.4. The maximum atomic E-state index is 12.8. The van der Waals surface area contributed by atoms with Crippen LogP contribution >= 0.6 is 11.6 Å². The monoisotopic (exact) mass is 374 g/mol. The van der Waals surface area contributed by atoms with Crippen molar-refractivity contribution in [3.05, 3.63) is 52.2 Å². The van der Waals surface area contributed by atoms with Crippen LogP contribution in [0, 0.1) is 0 Å². The van der Waals surface area contributed by atoms with Gasteiger partial charge in [-0.15, -0.1) is 0 Å². The van der Waals surface area contributed by atoms with Gasteiger partial charge in [0.25, 0.3) is 5.56 Å². The van der Waals surface area contributed by atoms with E-state index in [0.717, 1.165) is 10.9 Å². The average molecular weight is 375 g/mol. The van der Waals surface area contributed by atoms with Gasteiger partial charge in [-0.25, -0.2) is 14.5 Å². The molecule has 3 rings (SSSR count).